The van der Waals surface area contributed by atoms with Gasteiger partial charge in [-0.2, -0.15) is 0 Å². The number of nitrogens with one attached hydrogen (secondary N) is 1. The van der Waals surface area contributed by atoms with Crippen molar-refractivity contribution in [1.82, 2.24) is 15.2 Å². The molecule has 25 heavy (non-hydrogen) atoms. The molecular weight excluding hydrogens is 332 g/mol. The number of anilines is 1. The molecule has 3 N–H and O–H groups in total. The highest BCUT2D eigenvalue weighted by atomic mass is 32.1. The zero-order valence-electron chi connectivity index (χ0n) is 14.8. The summed E-state index contributed by atoms with van der Waals surface area (Å²) in [7, 11) is 0. The van der Waals surface area contributed by atoms with E-state index in [1.807, 2.05) is 19.1 Å². The van der Waals surface area contributed by atoms with Crippen LogP contribution in [-0.2, 0) is 0 Å². The number of aromatic nitrogens is 1. The lowest BCUT2D eigenvalue weighted by Crippen LogP contribution is -2.38. The van der Waals surface area contributed by atoms with E-state index in [4.69, 9.17) is 5.73 Å². The van der Waals surface area contributed by atoms with E-state index in [1.54, 1.807) is 0 Å². The fourth-order valence-electron chi connectivity index (χ4n) is 4.43. The van der Waals surface area contributed by atoms with Crippen molar-refractivity contribution in [1.29, 1.82) is 0 Å². The third kappa shape index (κ3) is 3.25. The Kier molecular flexibility index (Phi) is 4.41. The smallest absolute Gasteiger partial charge is 0.253 e. The summed E-state index contributed by atoms with van der Waals surface area (Å²) in [5, 5.41) is 4.03. The maximum atomic E-state index is 13.1. The average molecular weight is 359 g/mol. The number of benzene rings is 1. The van der Waals surface area contributed by atoms with Gasteiger partial charge >= 0.3 is 0 Å². The van der Waals surface area contributed by atoms with Gasteiger partial charge in [0, 0.05) is 18.7 Å². The summed E-state index contributed by atoms with van der Waals surface area (Å²) in [6.07, 6.45) is 6.00. The molecule has 2 aliphatic heterocycles. The first-order valence-electron chi connectivity index (χ1n) is 9.23. The van der Waals surface area contributed by atoms with Crippen molar-refractivity contribution >= 4 is 32.6 Å². The lowest BCUT2D eigenvalue weighted by molar-refractivity contribution is 0.0750. The summed E-state index contributed by atoms with van der Waals surface area (Å²) in [4.78, 5) is 19.5. The van der Waals surface area contributed by atoms with Crippen LogP contribution < -0.4 is 11.1 Å². The fourth-order valence-corrected chi connectivity index (χ4v) is 5.29. The van der Waals surface area contributed by atoms with Gasteiger partial charge in [0.1, 0.15) is 0 Å². The van der Waals surface area contributed by atoms with Crippen LogP contribution in [-0.4, -0.2) is 42.0 Å². The van der Waals surface area contributed by atoms with Gasteiger partial charge in [0.2, 0.25) is 0 Å². The van der Waals surface area contributed by atoms with Crippen molar-refractivity contribution in [3.8, 4) is 0 Å². The number of hydrogen-bond donors (Lipinski definition) is 2. The van der Waals surface area contributed by atoms with Crippen molar-refractivity contribution in [3.05, 3.63) is 23.3 Å². The van der Waals surface area contributed by atoms with Gasteiger partial charge in [-0.25, -0.2) is 4.98 Å². The van der Waals surface area contributed by atoms with Crippen LogP contribution in [0.5, 0.6) is 0 Å². The molecule has 0 saturated carbocycles. The molecule has 2 saturated heterocycles. The normalized spacial score (nSPS) is 20.8. The highest BCUT2D eigenvalue weighted by Crippen LogP contribution is 2.39. The van der Waals surface area contributed by atoms with Crippen molar-refractivity contribution in [2.45, 2.75) is 39.0 Å². The molecule has 2 aliphatic rings. The van der Waals surface area contributed by atoms with Gasteiger partial charge < -0.3 is 16.0 Å². The lowest BCUT2D eigenvalue weighted by Gasteiger charge is -2.37. The Hall–Kier alpha value is -1.66. The molecule has 134 valence electrons. The first-order chi connectivity index (χ1) is 12.1. The number of aryl methyl sites for hydroxylation is 1. The predicted molar refractivity (Wildman–Crippen MR) is 103 cm³/mol. The molecular formula is C19H26N4OS. The van der Waals surface area contributed by atoms with Gasteiger partial charge in [-0.3, -0.25) is 4.79 Å². The van der Waals surface area contributed by atoms with E-state index in [-0.39, 0.29) is 5.91 Å². The number of carbonyl (C=O) groups excluding carboxylic acids is 1. The molecule has 2 fully saturated rings. The monoisotopic (exact) mass is 358 g/mol. The van der Waals surface area contributed by atoms with E-state index in [0.717, 1.165) is 60.4 Å². The van der Waals surface area contributed by atoms with E-state index in [2.05, 4.69) is 15.2 Å². The number of piperidine rings is 1. The quantitative estimate of drug-likeness (QED) is 0.821. The third-order valence-corrected chi connectivity index (χ3v) is 6.78. The molecule has 0 unspecified atom stereocenters. The number of amides is 1. The molecule has 0 aliphatic carbocycles. The molecule has 0 bridgehead atoms. The maximum absolute atomic E-state index is 13.1. The van der Waals surface area contributed by atoms with Crippen LogP contribution in [0.3, 0.4) is 0 Å². The zero-order chi connectivity index (χ0) is 17.4. The Bertz CT molecular complexity index is 794. The van der Waals surface area contributed by atoms with Gasteiger partial charge in [0.05, 0.1) is 10.2 Å². The molecule has 1 aromatic heterocycles. The largest absolute Gasteiger partial charge is 0.375 e. The van der Waals surface area contributed by atoms with Crippen LogP contribution in [0.1, 0.15) is 48.0 Å². The van der Waals surface area contributed by atoms with E-state index in [9.17, 15) is 4.79 Å². The summed E-state index contributed by atoms with van der Waals surface area (Å²) < 4.78 is 1.01. The Morgan fingerprint density at radius 3 is 2.84 bits per heavy atom. The highest BCUT2D eigenvalue weighted by Gasteiger charge is 2.34. The van der Waals surface area contributed by atoms with Crippen molar-refractivity contribution in [3.63, 3.8) is 0 Å². The van der Waals surface area contributed by atoms with Gasteiger partial charge in [-0.05, 0) is 75.2 Å². The van der Waals surface area contributed by atoms with Crippen LogP contribution in [0.2, 0.25) is 0 Å². The van der Waals surface area contributed by atoms with Crippen molar-refractivity contribution in [2.75, 3.05) is 31.9 Å². The van der Waals surface area contributed by atoms with E-state index in [1.165, 1.54) is 30.6 Å². The topological polar surface area (TPSA) is 71.2 Å². The lowest BCUT2D eigenvalue weighted by atomic mass is 9.73. The molecule has 3 heterocycles. The van der Waals surface area contributed by atoms with Crippen LogP contribution >= 0.6 is 11.3 Å². The summed E-state index contributed by atoms with van der Waals surface area (Å²) in [6.45, 7) is 5.99. The molecule has 1 spiro atoms. The standard InChI is InChI=1S/C19H26N4OS/c1-13-11-14(12-15-16(13)22-18(20)25-15)17(24)23-9-2-3-19(6-10-23)4-7-21-8-5-19/h11-12,21H,2-10H2,1H3,(H2,20,22). The van der Waals surface area contributed by atoms with Crippen LogP contribution in [0.15, 0.2) is 12.1 Å². The first-order valence-corrected chi connectivity index (χ1v) is 10.0. The number of nitrogens with zero attached hydrogens (tertiary/aromatic N) is 2. The number of carbonyl (C=O) groups is 1. The Balaban J connectivity index is 1.54. The minimum absolute atomic E-state index is 0.156. The SMILES string of the molecule is Cc1cc(C(=O)N2CCCC3(CCNCC3)CC2)cc2sc(N)nc12. The maximum Gasteiger partial charge on any atom is 0.253 e. The first kappa shape index (κ1) is 16.8. The molecule has 6 heteroatoms. The van der Waals surface area contributed by atoms with E-state index in [0.29, 0.717) is 10.5 Å². The minimum Gasteiger partial charge on any atom is -0.375 e. The molecule has 0 radical (unpaired) electrons. The second-order valence-corrected chi connectivity index (χ2v) is 8.65. The Morgan fingerprint density at radius 1 is 1.24 bits per heavy atom. The molecule has 1 amide bonds. The summed E-state index contributed by atoms with van der Waals surface area (Å²) in [5.74, 6) is 0.156. The number of nitrogens with two attached hydrogens (primary N) is 1. The third-order valence-electron chi connectivity index (χ3n) is 5.95. The van der Waals surface area contributed by atoms with E-state index >= 15 is 0 Å². The van der Waals surface area contributed by atoms with E-state index < -0.39 is 0 Å². The van der Waals surface area contributed by atoms with Gasteiger partial charge in [-0.1, -0.05) is 11.3 Å². The van der Waals surface area contributed by atoms with Crippen LogP contribution in [0, 0.1) is 12.3 Å². The van der Waals surface area contributed by atoms with Crippen molar-refractivity contribution in [2.24, 2.45) is 5.41 Å². The number of likely N-dealkylation sites (tertiary alicyclic amines) is 1. The van der Waals surface area contributed by atoms with Gasteiger partial charge in [-0.15, -0.1) is 0 Å². The number of fused-ring (bicyclic) bond motifs is 1. The number of nitrogen functional groups attached to an aromatic ring is 1. The molecule has 5 nitrogen and oxygen atoms in total. The Morgan fingerprint density at radius 2 is 2.04 bits per heavy atom. The van der Waals surface area contributed by atoms with Crippen molar-refractivity contribution < 1.29 is 4.79 Å². The average Bonchev–Trinajstić information content (AvgIpc) is 2.87. The molecule has 2 aromatic rings. The second-order valence-electron chi connectivity index (χ2n) is 7.59. The minimum atomic E-state index is 0.156. The number of rotatable bonds is 1. The summed E-state index contributed by atoms with van der Waals surface area (Å²) in [5.41, 5.74) is 9.01. The molecule has 0 atom stereocenters. The summed E-state index contributed by atoms with van der Waals surface area (Å²) >= 11 is 1.46. The second kappa shape index (κ2) is 6.57. The van der Waals surface area contributed by atoms with Gasteiger partial charge in [0.15, 0.2) is 5.13 Å². The van der Waals surface area contributed by atoms with Gasteiger partial charge in [0.25, 0.3) is 5.91 Å². The fraction of sp³-hybridized carbons (Fsp3) is 0.579. The number of thiazole rings is 1. The zero-order valence-corrected chi connectivity index (χ0v) is 15.6. The molecule has 1 aromatic carbocycles. The highest BCUT2D eigenvalue weighted by molar-refractivity contribution is 7.22. The summed E-state index contributed by atoms with van der Waals surface area (Å²) in [6, 6.07) is 3.93. The van der Waals surface area contributed by atoms with Crippen LogP contribution in [0.4, 0.5) is 5.13 Å². The number of hydrogen-bond acceptors (Lipinski definition) is 5. The predicted octanol–water partition coefficient (Wildman–Crippen LogP) is 3.18. The Labute approximate surface area is 152 Å². The van der Waals surface area contributed by atoms with Crippen LogP contribution in [0.25, 0.3) is 10.2 Å². The molecule has 4 rings (SSSR count).